The van der Waals surface area contributed by atoms with Crippen molar-refractivity contribution in [2.45, 2.75) is 31.7 Å². The van der Waals surface area contributed by atoms with Crippen LogP contribution < -0.4 is 5.32 Å². The Bertz CT molecular complexity index is 532. The first-order valence-corrected chi connectivity index (χ1v) is 9.37. The number of carbonyl (C=O) groups is 2. The maximum absolute atomic E-state index is 12.4. The molecule has 126 valence electrons. The standard InChI is InChI=1S/C17H25N3O2S/c1-18-16(21)15(13-5-2-3-6-13)19-8-10-20(11-9-19)17(22)14-7-4-12-23-14/h4,7,12-13,15H,2-3,5-6,8-11H2,1H3,(H,18,21)/t15-/m0/s1. The number of thiophene rings is 1. The molecule has 1 atom stereocenters. The minimum atomic E-state index is -0.0264. The Morgan fingerprint density at radius 1 is 1.22 bits per heavy atom. The molecule has 3 rings (SSSR count). The first-order chi connectivity index (χ1) is 11.2. The summed E-state index contributed by atoms with van der Waals surface area (Å²) in [5, 5.41) is 4.77. The highest BCUT2D eigenvalue weighted by molar-refractivity contribution is 7.12. The lowest BCUT2D eigenvalue weighted by atomic mass is 9.95. The molecule has 0 radical (unpaired) electrons. The third-order valence-electron chi connectivity index (χ3n) is 5.09. The van der Waals surface area contributed by atoms with Crippen LogP contribution in [0.2, 0.25) is 0 Å². The van der Waals surface area contributed by atoms with Gasteiger partial charge in [-0.2, -0.15) is 0 Å². The van der Waals surface area contributed by atoms with Crippen LogP contribution in [0.4, 0.5) is 0 Å². The van der Waals surface area contributed by atoms with Gasteiger partial charge >= 0.3 is 0 Å². The molecule has 1 aromatic heterocycles. The molecule has 1 saturated heterocycles. The highest BCUT2D eigenvalue weighted by Gasteiger charge is 2.36. The smallest absolute Gasteiger partial charge is 0.264 e. The van der Waals surface area contributed by atoms with Gasteiger partial charge in [0.2, 0.25) is 5.91 Å². The van der Waals surface area contributed by atoms with E-state index in [2.05, 4.69) is 10.2 Å². The van der Waals surface area contributed by atoms with Crippen molar-refractivity contribution in [1.82, 2.24) is 15.1 Å². The van der Waals surface area contributed by atoms with Crippen molar-refractivity contribution in [1.29, 1.82) is 0 Å². The largest absolute Gasteiger partial charge is 0.358 e. The number of amides is 2. The van der Waals surface area contributed by atoms with E-state index in [1.807, 2.05) is 22.4 Å². The van der Waals surface area contributed by atoms with Crippen LogP contribution in [0.5, 0.6) is 0 Å². The monoisotopic (exact) mass is 335 g/mol. The van der Waals surface area contributed by atoms with Crippen LogP contribution in [0.3, 0.4) is 0 Å². The van der Waals surface area contributed by atoms with Crippen molar-refractivity contribution in [2.75, 3.05) is 33.2 Å². The first-order valence-electron chi connectivity index (χ1n) is 8.49. The summed E-state index contributed by atoms with van der Waals surface area (Å²) >= 11 is 1.49. The van der Waals surface area contributed by atoms with Crippen LogP contribution in [0, 0.1) is 5.92 Å². The van der Waals surface area contributed by atoms with E-state index in [4.69, 9.17) is 0 Å². The van der Waals surface area contributed by atoms with Crippen molar-refractivity contribution >= 4 is 23.2 Å². The van der Waals surface area contributed by atoms with Crippen molar-refractivity contribution in [3.05, 3.63) is 22.4 Å². The van der Waals surface area contributed by atoms with E-state index < -0.39 is 0 Å². The Kier molecular flexibility index (Phi) is 5.33. The molecule has 2 heterocycles. The third kappa shape index (κ3) is 3.58. The number of hydrogen-bond donors (Lipinski definition) is 1. The maximum atomic E-state index is 12.4. The van der Waals surface area contributed by atoms with Gasteiger partial charge in [-0.3, -0.25) is 14.5 Å². The van der Waals surface area contributed by atoms with E-state index in [0.717, 1.165) is 30.8 Å². The number of carbonyl (C=O) groups excluding carboxylic acids is 2. The minimum absolute atomic E-state index is 0.0264. The van der Waals surface area contributed by atoms with E-state index in [0.29, 0.717) is 19.0 Å². The Morgan fingerprint density at radius 2 is 1.91 bits per heavy atom. The van der Waals surface area contributed by atoms with Crippen LogP contribution in [0.25, 0.3) is 0 Å². The normalized spacial score (nSPS) is 21.3. The predicted octanol–water partition coefficient (Wildman–Crippen LogP) is 1.81. The molecule has 2 amide bonds. The number of piperazine rings is 1. The van der Waals surface area contributed by atoms with E-state index in [1.165, 1.54) is 24.2 Å². The second-order valence-corrected chi connectivity index (χ2v) is 7.36. The number of nitrogens with one attached hydrogen (secondary N) is 1. The van der Waals surface area contributed by atoms with Gasteiger partial charge in [-0.05, 0) is 30.2 Å². The summed E-state index contributed by atoms with van der Waals surface area (Å²) in [6.07, 6.45) is 4.75. The highest BCUT2D eigenvalue weighted by Crippen LogP contribution is 2.31. The summed E-state index contributed by atoms with van der Waals surface area (Å²) in [6, 6.07) is 3.77. The lowest BCUT2D eigenvalue weighted by Gasteiger charge is -2.40. The molecule has 1 N–H and O–H groups in total. The number of nitrogens with zero attached hydrogens (tertiary/aromatic N) is 2. The topological polar surface area (TPSA) is 52.7 Å². The molecule has 2 aliphatic rings. The van der Waals surface area contributed by atoms with Gasteiger partial charge in [-0.15, -0.1) is 11.3 Å². The first kappa shape index (κ1) is 16.5. The van der Waals surface area contributed by atoms with E-state index >= 15 is 0 Å². The molecule has 0 spiro atoms. The van der Waals surface area contributed by atoms with Crippen LogP contribution in [0.15, 0.2) is 17.5 Å². The molecule has 5 nitrogen and oxygen atoms in total. The Morgan fingerprint density at radius 3 is 2.48 bits per heavy atom. The highest BCUT2D eigenvalue weighted by atomic mass is 32.1. The molecular formula is C17H25N3O2S. The van der Waals surface area contributed by atoms with Gasteiger partial charge in [-0.1, -0.05) is 18.9 Å². The van der Waals surface area contributed by atoms with Crippen molar-refractivity contribution < 1.29 is 9.59 Å². The SMILES string of the molecule is CNC(=O)[C@H](C1CCCC1)N1CCN(C(=O)c2cccs2)CC1. The fraction of sp³-hybridized carbons (Fsp3) is 0.647. The maximum Gasteiger partial charge on any atom is 0.264 e. The molecule has 1 aliphatic heterocycles. The molecule has 0 bridgehead atoms. The van der Waals surface area contributed by atoms with Gasteiger partial charge in [0.25, 0.3) is 5.91 Å². The zero-order valence-electron chi connectivity index (χ0n) is 13.7. The van der Waals surface area contributed by atoms with E-state index in [-0.39, 0.29) is 17.9 Å². The molecule has 6 heteroatoms. The van der Waals surface area contributed by atoms with E-state index in [1.54, 1.807) is 7.05 Å². The van der Waals surface area contributed by atoms with Crippen LogP contribution in [0.1, 0.15) is 35.4 Å². The second-order valence-electron chi connectivity index (χ2n) is 6.41. The van der Waals surface area contributed by atoms with Gasteiger partial charge in [-0.25, -0.2) is 0 Å². The van der Waals surface area contributed by atoms with Gasteiger partial charge in [0.05, 0.1) is 10.9 Å². The number of likely N-dealkylation sites (N-methyl/N-ethyl adjacent to an activating group) is 1. The Labute approximate surface area is 141 Å². The number of rotatable bonds is 4. The van der Waals surface area contributed by atoms with Crippen LogP contribution in [-0.4, -0.2) is 60.9 Å². The second kappa shape index (κ2) is 7.45. The molecule has 1 aliphatic carbocycles. The van der Waals surface area contributed by atoms with Crippen molar-refractivity contribution in [3.8, 4) is 0 Å². The Hall–Kier alpha value is -1.40. The average Bonchev–Trinajstić information content (AvgIpc) is 3.28. The molecule has 1 aromatic rings. The summed E-state index contributed by atoms with van der Waals surface area (Å²) in [6.45, 7) is 2.98. The molecule has 0 aromatic carbocycles. The number of hydrogen-bond acceptors (Lipinski definition) is 4. The van der Waals surface area contributed by atoms with Crippen LogP contribution in [-0.2, 0) is 4.79 Å². The quantitative estimate of drug-likeness (QED) is 0.913. The van der Waals surface area contributed by atoms with Gasteiger partial charge in [0, 0.05) is 33.2 Å². The predicted molar refractivity (Wildman–Crippen MR) is 91.6 cm³/mol. The van der Waals surface area contributed by atoms with Crippen LogP contribution >= 0.6 is 11.3 Å². The fourth-order valence-corrected chi connectivity index (χ4v) is 4.55. The zero-order chi connectivity index (χ0) is 16.2. The molecule has 23 heavy (non-hydrogen) atoms. The summed E-state index contributed by atoms with van der Waals surface area (Å²) in [5.41, 5.74) is 0. The lowest BCUT2D eigenvalue weighted by Crippen LogP contribution is -2.57. The van der Waals surface area contributed by atoms with Crippen molar-refractivity contribution in [2.24, 2.45) is 5.92 Å². The lowest BCUT2D eigenvalue weighted by molar-refractivity contribution is -0.128. The molecule has 2 fully saturated rings. The Balaban J connectivity index is 1.62. The zero-order valence-corrected chi connectivity index (χ0v) is 14.5. The summed E-state index contributed by atoms with van der Waals surface area (Å²) < 4.78 is 0. The summed E-state index contributed by atoms with van der Waals surface area (Å²) in [5.74, 6) is 0.724. The van der Waals surface area contributed by atoms with Gasteiger partial charge in [0.15, 0.2) is 0 Å². The van der Waals surface area contributed by atoms with E-state index in [9.17, 15) is 9.59 Å². The molecule has 0 unspecified atom stereocenters. The summed E-state index contributed by atoms with van der Waals surface area (Å²) in [7, 11) is 1.72. The van der Waals surface area contributed by atoms with Gasteiger partial charge < -0.3 is 10.2 Å². The minimum Gasteiger partial charge on any atom is -0.358 e. The van der Waals surface area contributed by atoms with Crippen molar-refractivity contribution in [3.63, 3.8) is 0 Å². The van der Waals surface area contributed by atoms with Gasteiger partial charge in [0.1, 0.15) is 0 Å². The molecule has 1 saturated carbocycles. The summed E-state index contributed by atoms with van der Waals surface area (Å²) in [4.78, 5) is 29.8. The fourth-order valence-electron chi connectivity index (χ4n) is 3.86. The third-order valence-corrected chi connectivity index (χ3v) is 5.95. The average molecular weight is 335 g/mol. The molecular weight excluding hydrogens is 310 g/mol.